The molecule has 0 radical (unpaired) electrons. The molecule has 2 aromatic rings. The number of hydrogen-bond donors (Lipinski definition) is 0. The third-order valence-corrected chi connectivity index (χ3v) is 3.48. The van der Waals surface area contributed by atoms with Gasteiger partial charge in [0.15, 0.2) is 0 Å². The van der Waals surface area contributed by atoms with E-state index in [9.17, 15) is 22.4 Å². The molecule has 0 aliphatic carbocycles. The van der Waals surface area contributed by atoms with Crippen molar-refractivity contribution >= 4 is 22.6 Å². The normalized spacial score (nSPS) is 11.1. The van der Waals surface area contributed by atoms with E-state index in [0.29, 0.717) is 6.07 Å². The number of rotatable bonds is 3. The number of alkyl halides is 2. The van der Waals surface area contributed by atoms with Crippen molar-refractivity contribution in [3.8, 4) is 11.3 Å². The van der Waals surface area contributed by atoms with Crippen molar-refractivity contribution in [2.24, 2.45) is 0 Å². The molecule has 0 N–H and O–H groups in total. The minimum absolute atomic E-state index is 0.00628. The van der Waals surface area contributed by atoms with Crippen LogP contribution < -0.4 is 5.56 Å². The van der Waals surface area contributed by atoms with Crippen LogP contribution in [0, 0.1) is 15.2 Å². The van der Waals surface area contributed by atoms with Gasteiger partial charge < -0.3 is 4.57 Å². The largest absolute Gasteiger partial charge is 0.302 e. The highest BCUT2D eigenvalue weighted by Crippen LogP contribution is 2.23. The second-order valence-electron chi connectivity index (χ2n) is 4.00. The molecule has 1 aromatic heterocycles. The number of nitrogens with zero attached hydrogens (tertiary/aromatic N) is 1. The van der Waals surface area contributed by atoms with E-state index in [1.54, 1.807) is 22.6 Å². The minimum Gasteiger partial charge on any atom is -0.302 e. The highest BCUT2D eigenvalue weighted by Gasteiger charge is 2.16. The summed E-state index contributed by atoms with van der Waals surface area (Å²) in [6.07, 6.45) is -2.76. The highest BCUT2D eigenvalue weighted by atomic mass is 127. The Kier molecular flexibility index (Phi) is 4.46. The van der Waals surface area contributed by atoms with Crippen molar-refractivity contribution in [1.29, 1.82) is 0 Å². The molecule has 106 valence electrons. The number of halogens is 5. The average Bonchev–Trinajstić information content (AvgIpc) is 2.36. The quantitative estimate of drug-likeness (QED) is 0.573. The maximum atomic E-state index is 13.7. The summed E-state index contributed by atoms with van der Waals surface area (Å²) < 4.78 is 52.8. The van der Waals surface area contributed by atoms with Crippen molar-refractivity contribution in [2.45, 2.75) is 13.0 Å². The van der Waals surface area contributed by atoms with E-state index in [0.717, 1.165) is 16.7 Å². The van der Waals surface area contributed by atoms with Crippen molar-refractivity contribution in [3.63, 3.8) is 0 Å². The molecule has 1 heterocycles. The zero-order valence-electron chi connectivity index (χ0n) is 9.92. The molecular formula is C13H8F4INO. The maximum Gasteiger partial charge on any atom is 0.264 e. The van der Waals surface area contributed by atoms with Gasteiger partial charge >= 0.3 is 0 Å². The lowest BCUT2D eigenvalue weighted by atomic mass is 10.1. The van der Waals surface area contributed by atoms with Crippen LogP contribution in [0.1, 0.15) is 0 Å². The van der Waals surface area contributed by atoms with Gasteiger partial charge in [-0.25, -0.2) is 17.6 Å². The third-order valence-electron chi connectivity index (χ3n) is 2.66. The standard InChI is InChI=1S/C13H8F4INO/c14-7-1-2-8(9(15)5-7)11-4-3-10(18)13(20)19(11)6-12(16)17/h1-5,12H,6H2. The van der Waals surface area contributed by atoms with Crippen LogP contribution in [0.25, 0.3) is 11.3 Å². The van der Waals surface area contributed by atoms with Crippen LogP contribution in [0.4, 0.5) is 17.6 Å². The molecule has 1 aromatic carbocycles. The zero-order valence-corrected chi connectivity index (χ0v) is 12.1. The molecule has 0 amide bonds. The van der Waals surface area contributed by atoms with Crippen molar-refractivity contribution in [2.75, 3.05) is 0 Å². The summed E-state index contributed by atoms with van der Waals surface area (Å²) in [6, 6.07) is 5.54. The molecule has 0 saturated carbocycles. The predicted octanol–water partition coefficient (Wildman–Crippen LogP) is 3.66. The highest BCUT2D eigenvalue weighted by molar-refractivity contribution is 14.1. The van der Waals surface area contributed by atoms with Gasteiger partial charge in [0.1, 0.15) is 11.6 Å². The Bertz CT molecular complexity index is 699. The topological polar surface area (TPSA) is 22.0 Å². The molecule has 0 atom stereocenters. The Morgan fingerprint density at radius 1 is 1.15 bits per heavy atom. The van der Waals surface area contributed by atoms with Gasteiger partial charge in [-0.05, 0) is 46.9 Å². The minimum atomic E-state index is -2.76. The van der Waals surface area contributed by atoms with E-state index in [4.69, 9.17) is 0 Å². The van der Waals surface area contributed by atoms with Crippen molar-refractivity contribution in [1.82, 2.24) is 4.57 Å². The van der Waals surface area contributed by atoms with Gasteiger partial charge in [0.25, 0.3) is 12.0 Å². The Labute approximate surface area is 125 Å². The summed E-state index contributed by atoms with van der Waals surface area (Å²) in [6.45, 7) is -0.845. The molecular weight excluding hydrogens is 389 g/mol. The molecule has 0 aliphatic heterocycles. The first kappa shape index (κ1) is 15.0. The number of aromatic nitrogens is 1. The molecule has 0 aliphatic rings. The summed E-state index contributed by atoms with van der Waals surface area (Å²) in [5.41, 5.74) is -0.735. The smallest absolute Gasteiger partial charge is 0.264 e. The van der Waals surface area contributed by atoms with E-state index < -0.39 is 30.2 Å². The molecule has 2 nitrogen and oxygen atoms in total. The summed E-state index contributed by atoms with van der Waals surface area (Å²) in [7, 11) is 0. The van der Waals surface area contributed by atoms with Gasteiger partial charge in [-0.3, -0.25) is 4.79 Å². The molecule has 0 spiro atoms. The molecule has 2 rings (SSSR count). The lowest BCUT2D eigenvalue weighted by Gasteiger charge is -2.13. The third kappa shape index (κ3) is 3.02. The summed E-state index contributed by atoms with van der Waals surface area (Å²) in [5.74, 6) is -1.69. The predicted molar refractivity (Wildman–Crippen MR) is 74.8 cm³/mol. The molecule has 0 fully saturated rings. The first-order valence-corrected chi connectivity index (χ1v) is 6.61. The average molecular weight is 397 g/mol. The van der Waals surface area contributed by atoms with E-state index in [1.807, 2.05) is 0 Å². The van der Waals surface area contributed by atoms with Crippen LogP contribution in [0.15, 0.2) is 35.1 Å². The maximum absolute atomic E-state index is 13.7. The first-order chi connectivity index (χ1) is 9.40. The summed E-state index contributed by atoms with van der Waals surface area (Å²) >= 11 is 1.71. The van der Waals surface area contributed by atoms with Crippen LogP contribution >= 0.6 is 22.6 Å². The van der Waals surface area contributed by atoms with E-state index in [2.05, 4.69) is 0 Å². The Morgan fingerprint density at radius 3 is 2.45 bits per heavy atom. The second-order valence-corrected chi connectivity index (χ2v) is 5.16. The number of hydrogen-bond acceptors (Lipinski definition) is 1. The van der Waals surface area contributed by atoms with Crippen LogP contribution in [0.5, 0.6) is 0 Å². The van der Waals surface area contributed by atoms with E-state index in [-0.39, 0.29) is 14.8 Å². The van der Waals surface area contributed by atoms with Crippen LogP contribution in [0.2, 0.25) is 0 Å². The zero-order chi connectivity index (χ0) is 14.9. The molecule has 0 unspecified atom stereocenters. The van der Waals surface area contributed by atoms with Crippen molar-refractivity contribution in [3.05, 3.63) is 55.9 Å². The van der Waals surface area contributed by atoms with Crippen LogP contribution in [-0.2, 0) is 6.54 Å². The lowest BCUT2D eigenvalue weighted by molar-refractivity contribution is 0.125. The Hall–Kier alpha value is -1.38. The summed E-state index contributed by atoms with van der Waals surface area (Å²) in [5, 5.41) is 0. The summed E-state index contributed by atoms with van der Waals surface area (Å²) in [4.78, 5) is 11.9. The van der Waals surface area contributed by atoms with Gasteiger partial charge in [-0.1, -0.05) is 0 Å². The first-order valence-electron chi connectivity index (χ1n) is 5.53. The van der Waals surface area contributed by atoms with Crippen LogP contribution in [0.3, 0.4) is 0 Å². The van der Waals surface area contributed by atoms with Gasteiger partial charge in [0, 0.05) is 11.6 Å². The molecule has 7 heteroatoms. The van der Waals surface area contributed by atoms with Gasteiger partial charge in [-0.15, -0.1) is 0 Å². The van der Waals surface area contributed by atoms with Gasteiger partial charge in [0.05, 0.1) is 15.8 Å². The second kappa shape index (κ2) is 5.94. The number of benzene rings is 1. The number of pyridine rings is 1. The molecule has 20 heavy (non-hydrogen) atoms. The fraction of sp³-hybridized carbons (Fsp3) is 0.154. The van der Waals surface area contributed by atoms with E-state index >= 15 is 0 Å². The molecule has 0 saturated heterocycles. The lowest BCUT2D eigenvalue weighted by Crippen LogP contribution is -2.26. The fourth-order valence-electron chi connectivity index (χ4n) is 1.80. The van der Waals surface area contributed by atoms with Crippen LogP contribution in [-0.4, -0.2) is 11.0 Å². The monoisotopic (exact) mass is 397 g/mol. The van der Waals surface area contributed by atoms with E-state index in [1.165, 1.54) is 12.1 Å². The Morgan fingerprint density at radius 2 is 1.85 bits per heavy atom. The molecule has 0 bridgehead atoms. The Balaban J connectivity index is 2.67. The van der Waals surface area contributed by atoms with Crippen molar-refractivity contribution < 1.29 is 17.6 Å². The fourth-order valence-corrected chi connectivity index (χ4v) is 2.27. The van der Waals surface area contributed by atoms with Gasteiger partial charge in [0.2, 0.25) is 0 Å². The van der Waals surface area contributed by atoms with Gasteiger partial charge in [-0.2, -0.15) is 0 Å². The SMILES string of the molecule is O=c1c(I)ccc(-c2ccc(F)cc2F)n1CC(F)F.